The van der Waals surface area contributed by atoms with Crippen molar-refractivity contribution in [2.75, 3.05) is 20.2 Å². The summed E-state index contributed by atoms with van der Waals surface area (Å²) in [6, 6.07) is 9.72. The number of pyridine rings is 1. The van der Waals surface area contributed by atoms with E-state index < -0.39 is 0 Å². The van der Waals surface area contributed by atoms with Gasteiger partial charge in [0.2, 0.25) is 5.91 Å². The zero-order valence-corrected chi connectivity index (χ0v) is 16.5. The summed E-state index contributed by atoms with van der Waals surface area (Å²) in [5, 5.41) is 6.24. The Balaban J connectivity index is 1.80. The minimum absolute atomic E-state index is 0.0571. The average Bonchev–Trinajstić information content (AvgIpc) is 2.66. The van der Waals surface area contributed by atoms with Crippen LogP contribution in [0.1, 0.15) is 31.9 Å². The molecule has 0 unspecified atom stereocenters. The normalized spacial score (nSPS) is 11.1. The van der Waals surface area contributed by atoms with Crippen molar-refractivity contribution in [3.8, 4) is 11.5 Å². The van der Waals surface area contributed by atoms with Crippen molar-refractivity contribution >= 4 is 5.91 Å². The molecule has 146 valence electrons. The molecule has 0 spiro atoms. The second-order valence-electron chi connectivity index (χ2n) is 7.31. The molecule has 2 N–H and O–H groups in total. The molecule has 2 rings (SSSR count). The molecule has 0 bridgehead atoms. The van der Waals surface area contributed by atoms with Crippen LogP contribution in [0, 0.1) is 5.41 Å². The molecule has 1 amide bonds. The van der Waals surface area contributed by atoms with Gasteiger partial charge in [-0.05, 0) is 35.4 Å². The lowest BCUT2D eigenvalue weighted by Crippen LogP contribution is -2.38. The van der Waals surface area contributed by atoms with Crippen LogP contribution in [-0.2, 0) is 17.9 Å². The smallest absolute Gasteiger partial charge is 0.225 e. The molecule has 0 fully saturated rings. The Bertz CT molecular complexity index is 727. The summed E-state index contributed by atoms with van der Waals surface area (Å²) in [5.74, 6) is 1.46. The van der Waals surface area contributed by atoms with E-state index in [2.05, 4.69) is 15.6 Å². The molecule has 0 saturated carbocycles. The van der Waals surface area contributed by atoms with Crippen molar-refractivity contribution in [3.63, 3.8) is 0 Å². The predicted molar refractivity (Wildman–Crippen MR) is 106 cm³/mol. The fourth-order valence-electron chi connectivity index (χ4n) is 2.34. The van der Waals surface area contributed by atoms with Crippen LogP contribution in [0.5, 0.6) is 11.5 Å². The van der Waals surface area contributed by atoms with E-state index >= 15 is 0 Å². The van der Waals surface area contributed by atoms with E-state index in [0.29, 0.717) is 37.7 Å². The minimum atomic E-state index is -0.362. The van der Waals surface area contributed by atoms with Gasteiger partial charge in [0.05, 0.1) is 7.11 Å². The fourth-order valence-corrected chi connectivity index (χ4v) is 2.34. The average molecular weight is 371 g/mol. The summed E-state index contributed by atoms with van der Waals surface area (Å²) in [6.45, 7) is 8.15. The maximum absolute atomic E-state index is 11.8. The summed E-state index contributed by atoms with van der Waals surface area (Å²) < 4.78 is 11.3. The molecule has 0 atom stereocenters. The summed E-state index contributed by atoms with van der Waals surface area (Å²) in [5.41, 5.74) is 1.78. The SMILES string of the molecule is COc1cc(CNCCNC(=O)C(C)(C)C)ccc1OCc1ccncc1. The Hall–Kier alpha value is -2.60. The second-order valence-corrected chi connectivity index (χ2v) is 7.31. The predicted octanol–water partition coefficient (Wildman–Crippen LogP) is 2.92. The molecule has 1 heterocycles. The second kappa shape index (κ2) is 9.92. The molecule has 6 nitrogen and oxygen atoms in total. The third-order valence-electron chi connectivity index (χ3n) is 3.97. The van der Waals surface area contributed by atoms with Crippen LogP contribution in [0.15, 0.2) is 42.7 Å². The number of ether oxygens (including phenoxy) is 2. The summed E-state index contributed by atoms with van der Waals surface area (Å²) in [6.07, 6.45) is 3.49. The molecule has 0 aliphatic rings. The molecule has 6 heteroatoms. The number of hydrogen-bond donors (Lipinski definition) is 2. The van der Waals surface area contributed by atoms with E-state index in [9.17, 15) is 4.79 Å². The Kier molecular flexibility index (Phi) is 7.61. The number of hydrogen-bond acceptors (Lipinski definition) is 5. The van der Waals surface area contributed by atoms with Crippen molar-refractivity contribution < 1.29 is 14.3 Å². The monoisotopic (exact) mass is 371 g/mol. The van der Waals surface area contributed by atoms with Crippen LogP contribution in [0.3, 0.4) is 0 Å². The first kappa shape index (κ1) is 20.7. The summed E-state index contributed by atoms with van der Waals surface area (Å²) >= 11 is 0. The molecule has 1 aromatic carbocycles. The van der Waals surface area contributed by atoms with Crippen LogP contribution in [0.4, 0.5) is 0 Å². The standard InChI is InChI=1S/C21H29N3O3/c1-21(2,3)20(25)24-12-11-23-14-17-5-6-18(19(13-17)26-4)27-15-16-7-9-22-10-8-16/h5-10,13,23H,11-12,14-15H2,1-4H3,(H,24,25). The van der Waals surface area contributed by atoms with Crippen LogP contribution >= 0.6 is 0 Å². The molecular weight excluding hydrogens is 342 g/mol. The third kappa shape index (κ3) is 6.90. The lowest BCUT2D eigenvalue weighted by molar-refractivity contribution is -0.128. The maximum Gasteiger partial charge on any atom is 0.225 e. The number of nitrogens with zero attached hydrogens (tertiary/aromatic N) is 1. The number of aromatic nitrogens is 1. The largest absolute Gasteiger partial charge is 0.493 e. The molecule has 0 radical (unpaired) electrons. The molecule has 27 heavy (non-hydrogen) atoms. The van der Waals surface area contributed by atoms with Crippen molar-refractivity contribution in [2.45, 2.75) is 33.9 Å². The van der Waals surface area contributed by atoms with Gasteiger partial charge < -0.3 is 20.1 Å². The highest BCUT2D eigenvalue weighted by molar-refractivity contribution is 5.81. The van der Waals surface area contributed by atoms with Gasteiger partial charge in [-0.15, -0.1) is 0 Å². The molecule has 1 aromatic heterocycles. The van der Waals surface area contributed by atoms with Gasteiger partial charge in [-0.1, -0.05) is 26.8 Å². The first-order valence-corrected chi connectivity index (χ1v) is 9.08. The Morgan fingerprint density at radius 2 is 1.78 bits per heavy atom. The summed E-state index contributed by atoms with van der Waals surface area (Å²) in [4.78, 5) is 15.8. The van der Waals surface area contributed by atoms with Gasteiger partial charge in [-0.2, -0.15) is 0 Å². The van der Waals surface area contributed by atoms with Gasteiger partial charge in [0.25, 0.3) is 0 Å². The zero-order valence-electron chi connectivity index (χ0n) is 16.5. The van der Waals surface area contributed by atoms with Gasteiger partial charge in [-0.25, -0.2) is 0 Å². The van der Waals surface area contributed by atoms with Crippen LogP contribution in [0.25, 0.3) is 0 Å². The zero-order chi connectivity index (χ0) is 19.7. The number of nitrogens with one attached hydrogen (secondary N) is 2. The Morgan fingerprint density at radius 1 is 1.04 bits per heavy atom. The lowest BCUT2D eigenvalue weighted by Gasteiger charge is -2.17. The highest BCUT2D eigenvalue weighted by atomic mass is 16.5. The van der Waals surface area contributed by atoms with E-state index in [1.165, 1.54) is 0 Å². The number of methoxy groups -OCH3 is 1. The van der Waals surface area contributed by atoms with E-state index in [-0.39, 0.29) is 11.3 Å². The number of amides is 1. The lowest BCUT2D eigenvalue weighted by atomic mass is 9.96. The first-order valence-electron chi connectivity index (χ1n) is 9.08. The molecule has 0 saturated heterocycles. The quantitative estimate of drug-likeness (QED) is 0.663. The fraction of sp³-hybridized carbons (Fsp3) is 0.429. The van der Waals surface area contributed by atoms with Crippen molar-refractivity contribution in [2.24, 2.45) is 5.41 Å². The van der Waals surface area contributed by atoms with Crippen molar-refractivity contribution in [3.05, 3.63) is 53.9 Å². The maximum atomic E-state index is 11.8. The van der Waals surface area contributed by atoms with E-state index in [0.717, 1.165) is 11.1 Å². The topological polar surface area (TPSA) is 72.5 Å². The van der Waals surface area contributed by atoms with Crippen molar-refractivity contribution in [1.29, 1.82) is 0 Å². The molecule has 0 aliphatic heterocycles. The van der Waals surface area contributed by atoms with Crippen molar-refractivity contribution in [1.82, 2.24) is 15.6 Å². The highest BCUT2D eigenvalue weighted by Crippen LogP contribution is 2.28. The van der Waals surface area contributed by atoms with E-state index in [1.807, 2.05) is 51.1 Å². The van der Waals surface area contributed by atoms with Gasteiger partial charge in [0.15, 0.2) is 11.5 Å². The third-order valence-corrected chi connectivity index (χ3v) is 3.97. The number of carbonyl (C=O) groups excluding carboxylic acids is 1. The number of carbonyl (C=O) groups is 1. The van der Waals surface area contributed by atoms with Crippen LogP contribution in [0.2, 0.25) is 0 Å². The number of rotatable bonds is 9. The first-order chi connectivity index (χ1) is 12.9. The van der Waals surface area contributed by atoms with E-state index in [4.69, 9.17) is 9.47 Å². The number of benzene rings is 1. The van der Waals surface area contributed by atoms with Gasteiger partial charge >= 0.3 is 0 Å². The van der Waals surface area contributed by atoms with Crippen LogP contribution in [-0.4, -0.2) is 31.1 Å². The Morgan fingerprint density at radius 3 is 2.44 bits per heavy atom. The van der Waals surface area contributed by atoms with Gasteiger partial charge in [0, 0.05) is 37.4 Å². The van der Waals surface area contributed by atoms with Gasteiger partial charge in [0.1, 0.15) is 6.61 Å². The molecule has 2 aromatic rings. The molecular formula is C21H29N3O3. The Labute approximate surface area is 161 Å². The van der Waals surface area contributed by atoms with Crippen LogP contribution < -0.4 is 20.1 Å². The highest BCUT2D eigenvalue weighted by Gasteiger charge is 2.20. The molecule has 0 aliphatic carbocycles. The van der Waals surface area contributed by atoms with E-state index in [1.54, 1.807) is 19.5 Å². The van der Waals surface area contributed by atoms with Gasteiger partial charge in [-0.3, -0.25) is 9.78 Å². The summed E-state index contributed by atoms with van der Waals surface area (Å²) in [7, 11) is 1.63. The minimum Gasteiger partial charge on any atom is -0.493 e.